The number of anilines is 1. The van der Waals surface area contributed by atoms with Gasteiger partial charge in [-0.2, -0.15) is 0 Å². The normalized spacial score (nSPS) is 17.1. The third-order valence-electron chi connectivity index (χ3n) is 7.53. The largest absolute Gasteiger partial charge is 0.457 e. The number of hydrogen-bond donors (Lipinski definition) is 1. The number of rotatable bonds is 6. The first-order valence-electron chi connectivity index (χ1n) is 13.0. The summed E-state index contributed by atoms with van der Waals surface area (Å²) in [5, 5.41) is 1.91. The molecule has 184 valence electrons. The van der Waals surface area contributed by atoms with E-state index in [1.54, 1.807) is 11.1 Å². The van der Waals surface area contributed by atoms with Crippen molar-refractivity contribution in [1.29, 1.82) is 0 Å². The molecular formula is C31H32ClN3O. The molecule has 0 spiro atoms. The zero-order valence-electron chi connectivity index (χ0n) is 20.6. The average Bonchev–Trinajstić information content (AvgIpc) is 3.40. The van der Waals surface area contributed by atoms with Crippen molar-refractivity contribution >= 4 is 33.8 Å². The molecule has 4 nitrogen and oxygen atoms in total. The number of benzene rings is 3. The van der Waals surface area contributed by atoms with Gasteiger partial charge in [0.15, 0.2) is 0 Å². The Labute approximate surface area is 218 Å². The van der Waals surface area contributed by atoms with Crippen LogP contribution in [0.5, 0.6) is 11.5 Å². The van der Waals surface area contributed by atoms with Crippen molar-refractivity contribution in [3.63, 3.8) is 0 Å². The summed E-state index contributed by atoms with van der Waals surface area (Å²) in [6.45, 7) is 5.28. The van der Waals surface area contributed by atoms with Gasteiger partial charge in [0.25, 0.3) is 0 Å². The minimum atomic E-state index is 0.809. The third kappa shape index (κ3) is 5.02. The van der Waals surface area contributed by atoms with E-state index < -0.39 is 0 Å². The fourth-order valence-electron chi connectivity index (χ4n) is 5.59. The van der Waals surface area contributed by atoms with Crippen molar-refractivity contribution in [3.05, 3.63) is 95.2 Å². The van der Waals surface area contributed by atoms with Crippen LogP contribution in [0, 0.1) is 0 Å². The van der Waals surface area contributed by atoms with Gasteiger partial charge < -0.3 is 14.6 Å². The Morgan fingerprint density at radius 2 is 1.64 bits per heavy atom. The molecule has 0 atom stereocenters. The number of halogens is 1. The van der Waals surface area contributed by atoms with Crippen LogP contribution in [-0.2, 0) is 0 Å². The molecule has 1 N–H and O–H groups in total. The second-order valence-electron chi connectivity index (χ2n) is 9.85. The minimum Gasteiger partial charge on any atom is -0.457 e. The zero-order valence-corrected chi connectivity index (χ0v) is 21.3. The molecule has 2 heterocycles. The average molecular weight is 498 g/mol. The monoisotopic (exact) mass is 497 g/mol. The van der Waals surface area contributed by atoms with Crippen LogP contribution < -0.4 is 9.64 Å². The molecule has 1 aliphatic carbocycles. The molecule has 1 saturated heterocycles. The molecule has 0 bridgehead atoms. The van der Waals surface area contributed by atoms with Crippen LogP contribution in [0.15, 0.2) is 84.6 Å². The van der Waals surface area contributed by atoms with Gasteiger partial charge in [-0.15, -0.1) is 0 Å². The van der Waals surface area contributed by atoms with E-state index in [1.807, 2.05) is 36.5 Å². The van der Waals surface area contributed by atoms with Gasteiger partial charge >= 0.3 is 0 Å². The minimum absolute atomic E-state index is 0.809. The molecule has 6 rings (SSSR count). The van der Waals surface area contributed by atoms with Gasteiger partial charge in [0.2, 0.25) is 0 Å². The van der Waals surface area contributed by atoms with Crippen molar-refractivity contribution in [1.82, 2.24) is 9.88 Å². The summed E-state index contributed by atoms with van der Waals surface area (Å²) in [6.07, 6.45) is 6.93. The van der Waals surface area contributed by atoms with E-state index >= 15 is 0 Å². The summed E-state index contributed by atoms with van der Waals surface area (Å²) in [5.74, 6) is 1.76. The summed E-state index contributed by atoms with van der Waals surface area (Å²) in [6, 6.07) is 25.1. The Bertz CT molecular complexity index is 1370. The van der Waals surface area contributed by atoms with Gasteiger partial charge in [-0.05, 0) is 79.3 Å². The highest BCUT2D eigenvalue weighted by Crippen LogP contribution is 2.34. The van der Waals surface area contributed by atoms with Crippen LogP contribution in [0.4, 0.5) is 5.69 Å². The first-order chi connectivity index (χ1) is 17.7. The zero-order chi connectivity index (χ0) is 24.3. The SMILES string of the molecule is Clc1ccc(C2=C(CN3CCN(c4cccc(Oc5cccc6[nH]ccc56)c4)CC3)CCCC2)cc1. The first kappa shape index (κ1) is 23.2. The lowest BCUT2D eigenvalue weighted by Gasteiger charge is -2.37. The topological polar surface area (TPSA) is 31.5 Å². The van der Waals surface area contributed by atoms with Gasteiger partial charge in [-0.1, -0.05) is 41.4 Å². The highest BCUT2D eigenvalue weighted by molar-refractivity contribution is 6.30. The maximum Gasteiger partial charge on any atom is 0.136 e. The predicted octanol–water partition coefficient (Wildman–Crippen LogP) is 7.76. The number of aromatic nitrogens is 1. The second-order valence-corrected chi connectivity index (χ2v) is 10.3. The van der Waals surface area contributed by atoms with E-state index in [-0.39, 0.29) is 0 Å². The smallest absolute Gasteiger partial charge is 0.136 e. The van der Waals surface area contributed by atoms with Crippen LogP contribution in [0.3, 0.4) is 0 Å². The van der Waals surface area contributed by atoms with Crippen molar-refractivity contribution in [2.45, 2.75) is 25.7 Å². The standard InChI is InChI=1S/C31H32ClN3O/c32-25-13-11-23(12-14-25)28-8-2-1-5-24(28)22-34-17-19-35(20-18-34)26-6-3-7-27(21-26)36-31-10-4-9-30-29(31)15-16-33-30/h3-4,6-7,9-16,21,33H,1-2,5,8,17-20,22H2. The lowest BCUT2D eigenvalue weighted by molar-refractivity contribution is 0.275. The number of hydrogen-bond acceptors (Lipinski definition) is 3. The summed E-state index contributed by atoms with van der Waals surface area (Å²) in [7, 11) is 0. The van der Waals surface area contributed by atoms with Crippen LogP contribution in [0.1, 0.15) is 31.2 Å². The summed E-state index contributed by atoms with van der Waals surface area (Å²) in [4.78, 5) is 8.36. The molecule has 5 heteroatoms. The van der Waals surface area contributed by atoms with E-state index in [2.05, 4.69) is 57.2 Å². The number of allylic oxidation sites excluding steroid dienone is 1. The van der Waals surface area contributed by atoms with E-state index in [0.29, 0.717) is 0 Å². The summed E-state index contributed by atoms with van der Waals surface area (Å²) >= 11 is 6.14. The molecule has 36 heavy (non-hydrogen) atoms. The molecule has 3 aromatic carbocycles. The predicted molar refractivity (Wildman–Crippen MR) is 150 cm³/mol. The second kappa shape index (κ2) is 10.4. The number of ether oxygens (including phenoxy) is 1. The highest BCUT2D eigenvalue weighted by atomic mass is 35.5. The van der Waals surface area contributed by atoms with E-state index in [1.165, 1.54) is 36.9 Å². The number of nitrogens with zero attached hydrogens (tertiary/aromatic N) is 2. The van der Waals surface area contributed by atoms with Crippen LogP contribution in [-0.4, -0.2) is 42.6 Å². The van der Waals surface area contributed by atoms with Crippen molar-refractivity contribution in [3.8, 4) is 11.5 Å². The van der Waals surface area contributed by atoms with Gasteiger partial charge in [0.05, 0.1) is 0 Å². The Morgan fingerprint density at radius 3 is 2.50 bits per heavy atom. The summed E-state index contributed by atoms with van der Waals surface area (Å²) in [5.41, 5.74) is 6.83. The number of fused-ring (bicyclic) bond motifs is 1. The Hall–Kier alpha value is -3.21. The Kier molecular flexibility index (Phi) is 6.71. The number of piperazine rings is 1. The fraction of sp³-hybridized carbons (Fsp3) is 0.290. The molecule has 0 unspecified atom stereocenters. The number of nitrogens with one attached hydrogen (secondary N) is 1. The van der Waals surface area contributed by atoms with Crippen molar-refractivity contribution in [2.24, 2.45) is 0 Å². The number of H-pyrrole nitrogens is 1. The third-order valence-corrected chi connectivity index (χ3v) is 7.78. The van der Waals surface area contributed by atoms with Crippen molar-refractivity contribution < 1.29 is 4.74 Å². The van der Waals surface area contributed by atoms with E-state index in [0.717, 1.165) is 60.1 Å². The van der Waals surface area contributed by atoms with Gasteiger partial charge in [0, 0.05) is 66.6 Å². The van der Waals surface area contributed by atoms with Gasteiger partial charge in [-0.25, -0.2) is 0 Å². The molecule has 0 saturated carbocycles. The molecule has 0 amide bonds. The van der Waals surface area contributed by atoms with Gasteiger partial charge in [0.1, 0.15) is 11.5 Å². The molecular weight excluding hydrogens is 466 g/mol. The van der Waals surface area contributed by atoms with Crippen molar-refractivity contribution in [2.75, 3.05) is 37.6 Å². The Morgan fingerprint density at radius 1 is 0.833 bits per heavy atom. The van der Waals surface area contributed by atoms with Gasteiger partial charge in [-0.3, -0.25) is 4.90 Å². The maximum atomic E-state index is 6.29. The number of aromatic amines is 1. The fourth-order valence-corrected chi connectivity index (χ4v) is 5.72. The molecule has 1 aromatic heterocycles. The Balaban J connectivity index is 1.11. The summed E-state index contributed by atoms with van der Waals surface area (Å²) < 4.78 is 6.29. The van der Waals surface area contributed by atoms with Crippen LogP contribution in [0.2, 0.25) is 5.02 Å². The molecule has 1 aliphatic heterocycles. The lowest BCUT2D eigenvalue weighted by atomic mass is 9.87. The lowest BCUT2D eigenvalue weighted by Crippen LogP contribution is -2.47. The molecule has 2 aliphatic rings. The molecule has 4 aromatic rings. The van der Waals surface area contributed by atoms with E-state index in [9.17, 15) is 0 Å². The molecule has 1 fully saturated rings. The van der Waals surface area contributed by atoms with Crippen LogP contribution in [0.25, 0.3) is 16.5 Å². The quantitative estimate of drug-likeness (QED) is 0.295. The van der Waals surface area contributed by atoms with Crippen LogP contribution >= 0.6 is 11.6 Å². The molecule has 0 radical (unpaired) electrons. The van der Waals surface area contributed by atoms with E-state index in [4.69, 9.17) is 16.3 Å². The maximum absolute atomic E-state index is 6.29. The first-order valence-corrected chi connectivity index (χ1v) is 13.4. The highest BCUT2D eigenvalue weighted by Gasteiger charge is 2.21.